The second-order valence-corrected chi connectivity index (χ2v) is 16.0. The van der Waals surface area contributed by atoms with E-state index in [9.17, 15) is 0 Å². The maximum absolute atomic E-state index is 2.41. The fourth-order valence-electron chi connectivity index (χ4n) is 8.63. The fraction of sp³-hybridized carbons (Fsp3) is 0. The molecule has 1 nitrogen and oxygen atoms in total. The van der Waals surface area contributed by atoms with Crippen LogP contribution >= 0.6 is 11.3 Å². The maximum Gasteiger partial charge on any atom is 0.0540 e. The van der Waals surface area contributed by atoms with Gasteiger partial charge >= 0.3 is 0 Å². The first-order valence-electron chi connectivity index (χ1n) is 19.8. The molecule has 0 bridgehead atoms. The molecule has 0 unspecified atom stereocenters. The maximum atomic E-state index is 2.41. The van der Waals surface area contributed by atoms with Crippen LogP contribution in [0, 0.1) is 0 Å². The van der Waals surface area contributed by atoms with Crippen molar-refractivity contribution in [2.75, 3.05) is 4.90 Å². The molecule has 58 heavy (non-hydrogen) atoms. The highest BCUT2D eigenvalue weighted by Gasteiger charge is 2.19. The number of hydrogen-bond acceptors (Lipinski definition) is 2. The van der Waals surface area contributed by atoms with Crippen LogP contribution in [0.2, 0.25) is 0 Å². The lowest BCUT2D eigenvalue weighted by Gasteiger charge is -2.28. The van der Waals surface area contributed by atoms with Crippen molar-refractivity contribution in [3.8, 4) is 44.5 Å². The van der Waals surface area contributed by atoms with E-state index in [0.29, 0.717) is 0 Å². The molecule has 11 aromatic rings. The van der Waals surface area contributed by atoms with Crippen LogP contribution in [0.5, 0.6) is 0 Å². The molecule has 0 amide bonds. The topological polar surface area (TPSA) is 3.24 Å². The van der Waals surface area contributed by atoms with Gasteiger partial charge in [-0.1, -0.05) is 176 Å². The van der Waals surface area contributed by atoms with Crippen LogP contribution in [0.15, 0.2) is 224 Å². The van der Waals surface area contributed by atoms with E-state index in [4.69, 9.17) is 0 Å². The average molecular weight is 756 g/mol. The van der Waals surface area contributed by atoms with Gasteiger partial charge in [0.25, 0.3) is 0 Å². The third kappa shape index (κ3) is 6.03. The number of para-hydroxylation sites is 1. The highest BCUT2D eigenvalue weighted by molar-refractivity contribution is 7.25. The molecule has 0 aliphatic carbocycles. The Morgan fingerprint density at radius 3 is 1.55 bits per heavy atom. The van der Waals surface area contributed by atoms with Gasteiger partial charge < -0.3 is 4.90 Å². The predicted octanol–water partition coefficient (Wildman–Crippen LogP) is 16.5. The summed E-state index contributed by atoms with van der Waals surface area (Å²) in [4.78, 5) is 2.41. The summed E-state index contributed by atoms with van der Waals surface area (Å²) in [6, 6.07) is 82.0. The van der Waals surface area contributed by atoms with Gasteiger partial charge in [0.1, 0.15) is 0 Å². The summed E-state index contributed by atoms with van der Waals surface area (Å²) in [7, 11) is 0. The van der Waals surface area contributed by atoms with E-state index in [2.05, 4.69) is 229 Å². The van der Waals surface area contributed by atoms with Crippen molar-refractivity contribution in [2.45, 2.75) is 0 Å². The summed E-state index contributed by atoms with van der Waals surface area (Å²) in [6.45, 7) is 0. The Morgan fingerprint density at radius 2 is 0.776 bits per heavy atom. The normalized spacial score (nSPS) is 11.4. The van der Waals surface area contributed by atoms with E-state index in [1.807, 2.05) is 11.3 Å². The first-order chi connectivity index (χ1) is 28.7. The zero-order valence-corrected chi connectivity index (χ0v) is 32.5. The molecule has 272 valence electrons. The van der Waals surface area contributed by atoms with Gasteiger partial charge in [-0.25, -0.2) is 0 Å². The van der Waals surface area contributed by atoms with E-state index in [1.165, 1.54) is 86.2 Å². The highest BCUT2D eigenvalue weighted by atomic mass is 32.1. The van der Waals surface area contributed by atoms with Crippen molar-refractivity contribution >= 4 is 70.1 Å². The van der Waals surface area contributed by atoms with Crippen molar-refractivity contribution in [3.05, 3.63) is 224 Å². The molecule has 10 aromatic carbocycles. The molecule has 0 atom stereocenters. The number of thiophene rings is 1. The van der Waals surface area contributed by atoms with Crippen LogP contribution < -0.4 is 4.90 Å². The summed E-state index contributed by atoms with van der Waals surface area (Å²) in [5.74, 6) is 0. The number of fused-ring (bicyclic) bond motifs is 5. The lowest BCUT2D eigenvalue weighted by molar-refractivity contribution is 1.28. The molecule has 1 heterocycles. The molecule has 0 saturated heterocycles. The third-order valence-electron chi connectivity index (χ3n) is 11.5. The van der Waals surface area contributed by atoms with Gasteiger partial charge in [-0.05, 0) is 109 Å². The molecule has 0 N–H and O–H groups in total. The largest absolute Gasteiger partial charge is 0.310 e. The fourth-order valence-corrected chi connectivity index (χ4v) is 9.78. The summed E-state index contributed by atoms with van der Waals surface area (Å²) in [5.41, 5.74) is 13.0. The highest BCUT2D eigenvalue weighted by Crippen LogP contribution is 2.44. The van der Waals surface area contributed by atoms with Crippen LogP contribution in [0.1, 0.15) is 0 Å². The second kappa shape index (κ2) is 14.4. The Morgan fingerprint density at radius 1 is 0.276 bits per heavy atom. The SMILES string of the molecule is c1ccc(-c2ccc3ccccc3c2)c(-c2ccc(N(c3ccc(-c4cccc5ccccc45)cc3)c3ccccc3-c3ccc4c(c3)sc3ccccc34)cc2)c1. The lowest BCUT2D eigenvalue weighted by atomic mass is 9.93. The quantitative estimate of drug-likeness (QED) is 0.157. The first kappa shape index (κ1) is 34.0. The van der Waals surface area contributed by atoms with Crippen LogP contribution in [-0.2, 0) is 0 Å². The van der Waals surface area contributed by atoms with Crippen molar-refractivity contribution in [2.24, 2.45) is 0 Å². The minimum Gasteiger partial charge on any atom is -0.310 e. The molecule has 11 rings (SSSR count). The van der Waals surface area contributed by atoms with Crippen molar-refractivity contribution in [1.29, 1.82) is 0 Å². The van der Waals surface area contributed by atoms with E-state index in [0.717, 1.165) is 17.1 Å². The van der Waals surface area contributed by atoms with Crippen molar-refractivity contribution in [3.63, 3.8) is 0 Å². The minimum absolute atomic E-state index is 1.10. The average Bonchev–Trinajstić information content (AvgIpc) is 3.67. The smallest absolute Gasteiger partial charge is 0.0540 e. The van der Waals surface area contributed by atoms with Crippen LogP contribution in [0.25, 0.3) is 86.2 Å². The Balaban J connectivity index is 1.03. The Kier molecular flexibility index (Phi) is 8.42. The molecular formula is C56H37NS. The third-order valence-corrected chi connectivity index (χ3v) is 12.6. The van der Waals surface area contributed by atoms with E-state index >= 15 is 0 Å². The minimum atomic E-state index is 1.10. The standard InChI is InChI=1S/C56H37NS/c1-2-14-42-36-43(25-24-38(42)12-1)50-18-6-5-17-48(50)40-26-31-45(32-27-40)57(46-33-28-41(29-34-46)49-21-11-15-39-13-3-4-16-47(39)49)54-22-9-7-19-51(54)44-30-35-53-52-20-8-10-23-55(52)58-56(53)37-44/h1-37H. The molecule has 0 radical (unpaired) electrons. The molecule has 0 fully saturated rings. The summed E-state index contributed by atoms with van der Waals surface area (Å²) >= 11 is 1.86. The van der Waals surface area contributed by atoms with Crippen LogP contribution in [-0.4, -0.2) is 0 Å². The molecule has 0 aliphatic rings. The second-order valence-electron chi connectivity index (χ2n) is 14.9. The number of nitrogens with zero attached hydrogens (tertiary/aromatic N) is 1. The summed E-state index contributed by atoms with van der Waals surface area (Å²) in [6.07, 6.45) is 0. The zero-order valence-electron chi connectivity index (χ0n) is 31.7. The van der Waals surface area contributed by atoms with Gasteiger partial charge in [0.15, 0.2) is 0 Å². The molecule has 0 spiro atoms. The Labute approximate surface area is 342 Å². The first-order valence-corrected chi connectivity index (χ1v) is 20.6. The van der Waals surface area contributed by atoms with Gasteiger partial charge in [-0.15, -0.1) is 11.3 Å². The molecule has 1 aromatic heterocycles. The number of anilines is 3. The summed E-state index contributed by atoms with van der Waals surface area (Å²) in [5, 5.41) is 7.63. The zero-order chi connectivity index (χ0) is 38.4. The molecule has 0 saturated carbocycles. The van der Waals surface area contributed by atoms with Crippen LogP contribution in [0.4, 0.5) is 17.1 Å². The van der Waals surface area contributed by atoms with E-state index in [1.54, 1.807) is 0 Å². The summed E-state index contributed by atoms with van der Waals surface area (Å²) < 4.78 is 2.62. The van der Waals surface area contributed by atoms with Gasteiger partial charge in [0.2, 0.25) is 0 Å². The molecular weight excluding hydrogens is 719 g/mol. The van der Waals surface area contributed by atoms with E-state index < -0.39 is 0 Å². The van der Waals surface area contributed by atoms with E-state index in [-0.39, 0.29) is 0 Å². The predicted molar refractivity (Wildman–Crippen MR) is 251 cm³/mol. The Bertz CT molecular complexity index is 3280. The van der Waals surface area contributed by atoms with Gasteiger partial charge in [-0.2, -0.15) is 0 Å². The monoisotopic (exact) mass is 755 g/mol. The van der Waals surface area contributed by atoms with Crippen molar-refractivity contribution < 1.29 is 0 Å². The van der Waals surface area contributed by atoms with Gasteiger partial charge in [0.05, 0.1) is 5.69 Å². The molecule has 2 heteroatoms. The lowest BCUT2D eigenvalue weighted by Crippen LogP contribution is -2.11. The van der Waals surface area contributed by atoms with Gasteiger partial charge in [0, 0.05) is 37.1 Å². The van der Waals surface area contributed by atoms with Gasteiger partial charge in [-0.3, -0.25) is 0 Å². The van der Waals surface area contributed by atoms with Crippen molar-refractivity contribution in [1.82, 2.24) is 0 Å². The molecule has 0 aliphatic heterocycles. The van der Waals surface area contributed by atoms with Crippen LogP contribution in [0.3, 0.4) is 0 Å². The number of benzene rings is 10. The number of rotatable bonds is 7. The number of hydrogen-bond donors (Lipinski definition) is 0. The Hall–Kier alpha value is -7.26.